The maximum Gasteiger partial charge on any atom is 0.410 e. The number of imidazole rings is 1. The third-order valence-electron chi connectivity index (χ3n) is 5.42. The summed E-state index contributed by atoms with van der Waals surface area (Å²) in [6.07, 6.45) is -0.578. The fourth-order valence-corrected chi connectivity index (χ4v) is 3.84. The molecule has 0 aliphatic heterocycles. The van der Waals surface area contributed by atoms with E-state index in [2.05, 4.69) is 0 Å². The second-order valence-corrected chi connectivity index (χ2v) is 10.6. The highest BCUT2D eigenvalue weighted by atomic mass is 16.6. The second kappa shape index (κ2) is 11.4. The summed E-state index contributed by atoms with van der Waals surface area (Å²) in [7, 11) is 1.59. The van der Waals surface area contributed by atoms with Crippen LogP contribution in [0.5, 0.6) is 0 Å². The normalized spacial score (nSPS) is 12.2. The first kappa shape index (κ1) is 28.3. The molecule has 10 nitrogen and oxygen atoms in total. The van der Waals surface area contributed by atoms with Crippen LogP contribution in [0.2, 0.25) is 0 Å². The summed E-state index contributed by atoms with van der Waals surface area (Å²) in [6.45, 7) is 12.0. The van der Waals surface area contributed by atoms with Gasteiger partial charge in [0, 0.05) is 19.0 Å². The Kier molecular flexibility index (Phi) is 8.76. The molecule has 3 rings (SSSR count). The number of fused-ring (bicyclic) bond motifs is 3. The molecule has 2 aromatic heterocycles. The zero-order valence-corrected chi connectivity index (χ0v) is 22.8. The number of hydrogen-bond acceptors (Lipinski definition) is 8. The van der Waals surface area contributed by atoms with Crippen molar-refractivity contribution in [3.8, 4) is 0 Å². The van der Waals surface area contributed by atoms with Crippen LogP contribution in [-0.2, 0) is 38.6 Å². The first-order valence-corrected chi connectivity index (χ1v) is 12.5. The molecule has 3 aromatic rings. The van der Waals surface area contributed by atoms with E-state index in [1.807, 2.05) is 35.8 Å². The quantitative estimate of drug-likeness (QED) is 0.406. The molecule has 37 heavy (non-hydrogen) atoms. The maximum atomic E-state index is 12.8. The zero-order chi connectivity index (χ0) is 27.4. The van der Waals surface area contributed by atoms with E-state index in [0.29, 0.717) is 35.7 Å². The summed E-state index contributed by atoms with van der Waals surface area (Å²) in [4.78, 5) is 35.8. The molecule has 0 bridgehead atoms. The molecule has 0 radical (unpaired) electrons. The third-order valence-corrected chi connectivity index (χ3v) is 5.42. The van der Waals surface area contributed by atoms with Crippen LogP contribution in [0.3, 0.4) is 0 Å². The minimum absolute atomic E-state index is 0.0219. The van der Waals surface area contributed by atoms with Crippen molar-refractivity contribution in [3.05, 3.63) is 35.8 Å². The molecule has 202 valence electrons. The standard InChI is InChI=1S/C27H38N4O6/c1-8-35-16-21-29-23-20(15-22(32)36-14-13-30(7)25(33)37-26(2,3)4)28-19-12-10-9-11-18(19)24(23)31(21)17-27(5,6)34/h9-12,34H,8,13-17H2,1-7H3. The molecule has 0 aliphatic rings. The number of hydrogen-bond donors (Lipinski definition) is 1. The van der Waals surface area contributed by atoms with Crippen molar-refractivity contribution in [2.24, 2.45) is 0 Å². The first-order valence-electron chi connectivity index (χ1n) is 12.5. The Morgan fingerprint density at radius 1 is 1.11 bits per heavy atom. The van der Waals surface area contributed by atoms with Gasteiger partial charge in [-0.3, -0.25) is 4.79 Å². The number of aromatic nitrogens is 3. The van der Waals surface area contributed by atoms with Gasteiger partial charge in [0.2, 0.25) is 0 Å². The molecular weight excluding hydrogens is 476 g/mol. The number of carbonyl (C=O) groups excluding carboxylic acids is 2. The van der Waals surface area contributed by atoms with E-state index >= 15 is 0 Å². The van der Waals surface area contributed by atoms with Crippen LogP contribution in [0, 0.1) is 0 Å². The summed E-state index contributed by atoms with van der Waals surface area (Å²) >= 11 is 0. The number of esters is 1. The average Bonchev–Trinajstić information content (AvgIpc) is 3.13. The van der Waals surface area contributed by atoms with Gasteiger partial charge in [-0.05, 0) is 47.6 Å². The van der Waals surface area contributed by atoms with E-state index in [9.17, 15) is 14.7 Å². The number of benzene rings is 1. The highest BCUT2D eigenvalue weighted by molar-refractivity contribution is 6.04. The molecular formula is C27H38N4O6. The highest BCUT2D eigenvalue weighted by Crippen LogP contribution is 2.29. The van der Waals surface area contributed by atoms with Crippen molar-refractivity contribution in [1.82, 2.24) is 19.4 Å². The Bertz CT molecular complexity index is 1260. The van der Waals surface area contributed by atoms with Crippen LogP contribution in [0.15, 0.2) is 24.3 Å². The summed E-state index contributed by atoms with van der Waals surface area (Å²) in [5, 5.41) is 11.5. The molecule has 1 aromatic carbocycles. The number of amides is 1. The largest absolute Gasteiger partial charge is 0.463 e. The van der Waals surface area contributed by atoms with Crippen molar-refractivity contribution in [2.45, 2.75) is 72.3 Å². The van der Waals surface area contributed by atoms with Gasteiger partial charge in [0.05, 0.1) is 41.8 Å². The number of aliphatic hydroxyl groups is 1. The lowest BCUT2D eigenvalue weighted by molar-refractivity contribution is -0.143. The fraction of sp³-hybridized carbons (Fsp3) is 0.556. The van der Waals surface area contributed by atoms with Crippen LogP contribution in [0.4, 0.5) is 4.79 Å². The lowest BCUT2D eigenvalue weighted by Gasteiger charge is -2.24. The Labute approximate surface area is 217 Å². The fourth-order valence-electron chi connectivity index (χ4n) is 3.84. The maximum absolute atomic E-state index is 12.8. The average molecular weight is 515 g/mol. The molecule has 0 unspecified atom stereocenters. The van der Waals surface area contributed by atoms with Crippen LogP contribution in [-0.4, -0.2) is 74.6 Å². The smallest absolute Gasteiger partial charge is 0.410 e. The molecule has 0 saturated heterocycles. The SMILES string of the molecule is CCOCc1nc2c(CC(=O)OCCN(C)C(=O)OC(C)(C)C)nc3ccccc3c2n1CC(C)(C)O. The Balaban J connectivity index is 1.87. The van der Waals surface area contributed by atoms with Crippen LogP contribution < -0.4 is 0 Å². The molecule has 0 saturated carbocycles. The number of pyridine rings is 1. The number of nitrogens with zero attached hydrogens (tertiary/aromatic N) is 4. The minimum Gasteiger partial charge on any atom is -0.463 e. The topological polar surface area (TPSA) is 116 Å². The highest BCUT2D eigenvalue weighted by Gasteiger charge is 2.24. The van der Waals surface area contributed by atoms with Crippen LogP contribution in [0.1, 0.15) is 53.1 Å². The Morgan fingerprint density at radius 3 is 2.46 bits per heavy atom. The van der Waals surface area contributed by atoms with Gasteiger partial charge in [0.15, 0.2) is 0 Å². The Morgan fingerprint density at radius 2 is 1.81 bits per heavy atom. The van der Waals surface area contributed by atoms with E-state index in [1.54, 1.807) is 41.7 Å². The van der Waals surface area contributed by atoms with E-state index < -0.39 is 23.3 Å². The van der Waals surface area contributed by atoms with Gasteiger partial charge in [-0.25, -0.2) is 14.8 Å². The number of para-hydroxylation sites is 1. The zero-order valence-electron chi connectivity index (χ0n) is 22.8. The van der Waals surface area contributed by atoms with Gasteiger partial charge in [-0.15, -0.1) is 0 Å². The number of ether oxygens (including phenoxy) is 3. The van der Waals surface area contributed by atoms with Crippen molar-refractivity contribution in [2.75, 3.05) is 26.8 Å². The molecule has 10 heteroatoms. The monoisotopic (exact) mass is 514 g/mol. The number of carbonyl (C=O) groups is 2. The second-order valence-electron chi connectivity index (χ2n) is 10.6. The molecule has 1 amide bonds. The van der Waals surface area contributed by atoms with Crippen LogP contribution >= 0.6 is 0 Å². The van der Waals surface area contributed by atoms with Crippen LogP contribution in [0.25, 0.3) is 21.9 Å². The van der Waals surface area contributed by atoms with Gasteiger partial charge in [-0.1, -0.05) is 18.2 Å². The number of rotatable bonds is 10. The lowest BCUT2D eigenvalue weighted by Crippen LogP contribution is -2.36. The first-order chi connectivity index (χ1) is 17.3. The van der Waals surface area contributed by atoms with Gasteiger partial charge >= 0.3 is 12.1 Å². The summed E-state index contributed by atoms with van der Waals surface area (Å²) in [5.74, 6) is 0.163. The summed E-state index contributed by atoms with van der Waals surface area (Å²) in [5.41, 5.74) is 0.937. The van der Waals surface area contributed by atoms with Gasteiger partial charge in [-0.2, -0.15) is 0 Å². The van der Waals surface area contributed by atoms with Crippen molar-refractivity contribution in [1.29, 1.82) is 0 Å². The van der Waals surface area contributed by atoms with Crippen molar-refractivity contribution in [3.63, 3.8) is 0 Å². The predicted octanol–water partition coefficient (Wildman–Crippen LogP) is 3.84. The van der Waals surface area contributed by atoms with Crippen molar-refractivity contribution >= 4 is 34.0 Å². The van der Waals surface area contributed by atoms with E-state index in [1.165, 1.54) is 4.90 Å². The molecule has 0 atom stereocenters. The van der Waals surface area contributed by atoms with Gasteiger partial charge in [0.25, 0.3) is 0 Å². The van der Waals surface area contributed by atoms with E-state index in [0.717, 1.165) is 10.9 Å². The van der Waals surface area contributed by atoms with E-state index in [4.69, 9.17) is 24.2 Å². The Hall–Kier alpha value is -3.24. The van der Waals surface area contributed by atoms with E-state index in [-0.39, 0.29) is 26.2 Å². The molecule has 0 spiro atoms. The number of likely N-dealkylation sites (N-methyl/N-ethyl adjacent to an activating group) is 1. The summed E-state index contributed by atoms with van der Waals surface area (Å²) < 4.78 is 18.3. The summed E-state index contributed by atoms with van der Waals surface area (Å²) in [6, 6.07) is 7.63. The van der Waals surface area contributed by atoms with Crippen molar-refractivity contribution < 1.29 is 28.9 Å². The molecule has 2 heterocycles. The molecule has 0 aliphatic carbocycles. The minimum atomic E-state index is -1.00. The lowest BCUT2D eigenvalue weighted by atomic mass is 10.1. The predicted molar refractivity (Wildman–Crippen MR) is 140 cm³/mol. The van der Waals surface area contributed by atoms with Gasteiger partial charge in [0.1, 0.15) is 30.2 Å². The van der Waals surface area contributed by atoms with Gasteiger partial charge < -0.3 is 28.8 Å². The third kappa shape index (κ3) is 7.62. The molecule has 0 fully saturated rings. The molecule has 1 N–H and O–H groups in total.